The maximum atomic E-state index is 4.47. The van der Waals surface area contributed by atoms with Gasteiger partial charge in [0.1, 0.15) is 0 Å². The topological polar surface area (TPSA) is 0 Å². The Labute approximate surface area is 177 Å². The number of allylic oxidation sites excluding steroid dienone is 2. The summed E-state index contributed by atoms with van der Waals surface area (Å²) in [6.45, 7) is 9.01. The van der Waals surface area contributed by atoms with E-state index < -0.39 is 0 Å². The quantitative estimate of drug-likeness (QED) is 0.330. The van der Waals surface area contributed by atoms with Crippen LogP contribution in [-0.2, 0) is 0 Å². The second-order valence-corrected chi connectivity index (χ2v) is 13.4. The molecule has 24 heavy (non-hydrogen) atoms. The molecule has 140 valence electrons. The van der Waals surface area contributed by atoms with Crippen LogP contribution in [0.25, 0.3) is 0 Å². The van der Waals surface area contributed by atoms with E-state index in [0.29, 0.717) is 26.2 Å². The molecule has 0 aromatic carbocycles. The third-order valence-electron chi connectivity index (χ3n) is 3.27. The van der Waals surface area contributed by atoms with Gasteiger partial charge < -0.3 is 0 Å². The summed E-state index contributed by atoms with van der Waals surface area (Å²) in [6.07, 6.45) is 8.31. The average molecular weight is 441 g/mol. The molecular weight excluding hydrogens is 409 g/mol. The maximum absolute atomic E-state index is 4.47. The predicted octanol–water partition coefficient (Wildman–Crippen LogP) is 6.55. The van der Waals surface area contributed by atoms with Gasteiger partial charge in [-0.05, 0) is 6.42 Å². The third kappa shape index (κ3) is 12.1. The molecule has 0 aromatic rings. The molecule has 0 aromatic heterocycles. The average Bonchev–Trinajstić information content (AvgIpc) is 2.54. The van der Waals surface area contributed by atoms with Crippen molar-refractivity contribution in [2.75, 3.05) is 23.0 Å². The lowest BCUT2D eigenvalue weighted by atomic mass is 10.2. The zero-order valence-electron chi connectivity index (χ0n) is 15.2. The molecule has 1 aliphatic rings. The minimum absolute atomic E-state index is 0.488. The summed E-state index contributed by atoms with van der Waals surface area (Å²) in [5, 5.41) is 3.02. The molecule has 0 fully saturated rings. The molecule has 0 aliphatic heterocycles. The van der Waals surface area contributed by atoms with Gasteiger partial charge in [-0.2, -0.15) is 60.5 Å². The highest BCUT2D eigenvalue weighted by atomic mass is 32.2. The van der Waals surface area contributed by atoms with Crippen molar-refractivity contribution in [2.45, 2.75) is 60.4 Å². The molecule has 5 atom stereocenters. The van der Waals surface area contributed by atoms with Crippen LogP contribution in [0.5, 0.6) is 0 Å². The number of thioether (sulfide) groups is 4. The summed E-state index contributed by atoms with van der Waals surface area (Å²) in [5.41, 5.74) is 0. The number of hydrogen-bond acceptors (Lipinski definition) is 6. The van der Waals surface area contributed by atoms with Crippen LogP contribution in [-0.4, -0.2) is 49.3 Å². The highest BCUT2D eigenvalue weighted by molar-refractivity contribution is 8.06. The van der Waals surface area contributed by atoms with Gasteiger partial charge in [-0.15, -0.1) is 11.8 Å². The first kappa shape index (κ1) is 23.6. The van der Waals surface area contributed by atoms with E-state index in [1.807, 2.05) is 35.3 Å². The lowest BCUT2D eigenvalue weighted by Crippen LogP contribution is -2.10. The van der Waals surface area contributed by atoms with Crippen molar-refractivity contribution < 1.29 is 0 Å². The Morgan fingerprint density at radius 3 is 2.12 bits per heavy atom. The van der Waals surface area contributed by atoms with Gasteiger partial charge in [0.05, 0.1) is 0 Å². The van der Waals surface area contributed by atoms with Gasteiger partial charge in [0, 0.05) is 54.2 Å². The molecule has 0 heterocycles. The molecule has 1 rings (SSSR count). The first-order chi connectivity index (χ1) is 11.4. The SMILES string of the molecule is CC(S)CSC(C)CSC1=CC(SCC(C)SCC(C)S)CC=C1. The van der Waals surface area contributed by atoms with E-state index in [4.69, 9.17) is 0 Å². The fraction of sp³-hybridized carbons (Fsp3) is 0.778. The molecule has 0 saturated heterocycles. The van der Waals surface area contributed by atoms with Gasteiger partial charge in [-0.25, -0.2) is 0 Å². The first-order valence-corrected chi connectivity index (χ1v) is 13.7. The summed E-state index contributed by atoms with van der Waals surface area (Å²) < 4.78 is 0. The number of rotatable bonds is 12. The molecule has 5 unspecified atom stereocenters. The van der Waals surface area contributed by atoms with Crippen molar-refractivity contribution in [3.8, 4) is 0 Å². The van der Waals surface area contributed by atoms with Gasteiger partial charge in [0.2, 0.25) is 0 Å². The summed E-state index contributed by atoms with van der Waals surface area (Å²) >= 11 is 17.1. The fourth-order valence-electron chi connectivity index (χ4n) is 2.01. The molecule has 1 aliphatic carbocycles. The Kier molecular flexibility index (Phi) is 13.5. The molecule has 0 N–H and O–H groups in total. The second kappa shape index (κ2) is 13.7. The zero-order valence-corrected chi connectivity index (χ0v) is 20.2. The molecular formula is C18H32S6. The second-order valence-electron chi connectivity index (χ2n) is 6.38. The van der Waals surface area contributed by atoms with Gasteiger partial charge >= 0.3 is 0 Å². The van der Waals surface area contributed by atoms with Crippen molar-refractivity contribution >= 4 is 72.3 Å². The zero-order chi connectivity index (χ0) is 17.9. The Bertz CT molecular complexity index is 391. The number of thiol groups is 2. The molecule has 6 heteroatoms. The molecule has 0 bridgehead atoms. The minimum atomic E-state index is 0.488. The third-order valence-corrected chi connectivity index (χ3v) is 10.1. The summed E-state index contributed by atoms with van der Waals surface area (Å²) in [5.74, 6) is 4.69. The fourth-order valence-corrected chi connectivity index (χ4v) is 6.93. The van der Waals surface area contributed by atoms with Crippen LogP contribution < -0.4 is 0 Å². The highest BCUT2D eigenvalue weighted by Gasteiger charge is 2.14. The summed E-state index contributed by atoms with van der Waals surface area (Å²) in [6, 6.07) is 0. The van der Waals surface area contributed by atoms with Crippen molar-refractivity contribution in [3.63, 3.8) is 0 Å². The Morgan fingerprint density at radius 1 is 0.958 bits per heavy atom. The minimum Gasteiger partial charge on any atom is -0.175 e. The summed E-state index contributed by atoms with van der Waals surface area (Å²) in [4.78, 5) is 1.45. The lowest BCUT2D eigenvalue weighted by Gasteiger charge is -2.19. The van der Waals surface area contributed by atoms with E-state index in [-0.39, 0.29) is 0 Å². The Hall–Kier alpha value is 1.58. The van der Waals surface area contributed by atoms with Crippen LogP contribution in [0, 0.1) is 0 Å². The number of hydrogen-bond donors (Lipinski definition) is 2. The van der Waals surface area contributed by atoms with Crippen LogP contribution in [0.1, 0.15) is 34.1 Å². The maximum Gasteiger partial charge on any atom is 0.0275 e. The van der Waals surface area contributed by atoms with E-state index in [0.717, 1.165) is 11.5 Å². The predicted molar refractivity (Wildman–Crippen MR) is 131 cm³/mol. The molecule has 0 spiro atoms. The van der Waals surface area contributed by atoms with Crippen molar-refractivity contribution in [1.82, 2.24) is 0 Å². The lowest BCUT2D eigenvalue weighted by molar-refractivity contribution is 1.03. The van der Waals surface area contributed by atoms with E-state index in [1.54, 1.807) is 0 Å². The standard InChI is InChI=1S/C18H32S6/c1-13(19)9-21-15(3)11-23-17-6-5-7-18(8-17)24-12-16(4)22-10-14(2)20/h5-6,8,13-16,18-20H,7,9-12H2,1-4H3. The van der Waals surface area contributed by atoms with Crippen LogP contribution in [0.3, 0.4) is 0 Å². The molecule has 0 radical (unpaired) electrons. The van der Waals surface area contributed by atoms with Gasteiger partial charge in [-0.3, -0.25) is 0 Å². The molecule has 0 saturated carbocycles. The van der Waals surface area contributed by atoms with E-state index in [1.165, 1.54) is 22.8 Å². The van der Waals surface area contributed by atoms with Crippen molar-refractivity contribution in [1.29, 1.82) is 0 Å². The largest absolute Gasteiger partial charge is 0.175 e. The molecule has 0 nitrogen and oxygen atoms in total. The highest BCUT2D eigenvalue weighted by Crippen LogP contribution is 2.32. The van der Waals surface area contributed by atoms with E-state index >= 15 is 0 Å². The van der Waals surface area contributed by atoms with Crippen LogP contribution in [0.4, 0.5) is 0 Å². The Morgan fingerprint density at radius 2 is 1.54 bits per heavy atom. The normalized spacial score (nSPS) is 22.8. The first-order valence-electron chi connectivity index (χ1n) is 8.59. The van der Waals surface area contributed by atoms with Crippen molar-refractivity contribution in [3.05, 3.63) is 23.1 Å². The van der Waals surface area contributed by atoms with E-state index in [9.17, 15) is 0 Å². The van der Waals surface area contributed by atoms with Crippen LogP contribution >= 0.6 is 72.3 Å². The monoisotopic (exact) mass is 440 g/mol. The Balaban J connectivity index is 2.27. The van der Waals surface area contributed by atoms with Gasteiger partial charge in [0.15, 0.2) is 0 Å². The van der Waals surface area contributed by atoms with E-state index in [2.05, 4.69) is 82.9 Å². The van der Waals surface area contributed by atoms with Crippen LogP contribution in [0.2, 0.25) is 0 Å². The van der Waals surface area contributed by atoms with Gasteiger partial charge in [0.25, 0.3) is 0 Å². The van der Waals surface area contributed by atoms with Crippen molar-refractivity contribution in [2.24, 2.45) is 0 Å². The molecule has 0 amide bonds. The smallest absolute Gasteiger partial charge is 0.0275 e. The van der Waals surface area contributed by atoms with Gasteiger partial charge in [-0.1, -0.05) is 45.9 Å². The van der Waals surface area contributed by atoms with Crippen LogP contribution in [0.15, 0.2) is 23.1 Å². The summed E-state index contributed by atoms with van der Waals surface area (Å²) in [7, 11) is 0.